The monoisotopic (exact) mass is 444 g/mol. The fraction of sp³-hybridized carbons (Fsp3) is 0.0714. The van der Waals surface area contributed by atoms with Crippen molar-refractivity contribution >= 4 is 53.6 Å². The van der Waals surface area contributed by atoms with E-state index in [-0.39, 0.29) is 0 Å². The molecule has 0 radical (unpaired) electrons. The van der Waals surface area contributed by atoms with Gasteiger partial charge in [-0.2, -0.15) is 0 Å². The average molecular weight is 445 g/mol. The van der Waals surface area contributed by atoms with E-state index in [4.69, 9.17) is 9.97 Å². The molecular weight excluding hydrogens is 424 g/mol. The van der Waals surface area contributed by atoms with E-state index in [9.17, 15) is 0 Å². The molecule has 0 aliphatic carbocycles. The third-order valence-corrected chi connectivity index (χ3v) is 7.65. The molecule has 0 fully saturated rings. The number of thiophene rings is 1. The molecule has 3 aromatic heterocycles. The van der Waals surface area contributed by atoms with Crippen LogP contribution >= 0.6 is 11.3 Å². The third kappa shape index (κ3) is 2.69. The number of aromatic nitrogens is 4. The maximum Gasteiger partial charge on any atom is 0.140 e. The highest BCUT2D eigenvalue weighted by atomic mass is 32.1. The van der Waals surface area contributed by atoms with Crippen molar-refractivity contribution in [3.63, 3.8) is 0 Å². The van der Waals surface area contributed by atoms with E-state index in [0.717, 1.165) is 44.8 Å². The zero-order chi connectivity index (χ0) is 22.1. The molecule has 0 spiro atoms. The topological polar surface area (TPSA) is 35.6 Å². The predicted molar refractivity (Wildman–Crippen MR) is 139 cm³/mol. The Morgan fingerprint density at radius 3 is 1.42 bits per heavy atom. The molecule has 4 nitrogen and oxygen atoms in total. The standard InChI is InChI=1S/C28H20N4S/c1-31-23-15-25-19(13-21(23)29-27(31)17-9-5-3-6-10-17)20-14-22-24(16-26(20)33-25)32(2)28(30-22)18-11-7-4-8-12-18/h3-16H,1-2H3. The Morgan fingerprint density at radius 1 is 0.576 bits per heavy atom. The first-order chi connectivity index (χ1) is 16.2. The van der Waals surface area contributed by atoms with Gasteiger partial charge in [0.1, 0.15) is 11.6 Å². The Hall–Kier alpha value is -3.96. The van der Waals surface area contributed by atoms with Crippen molar-refractivity contribution in [1.82, 2.24) is 19.1 Å². The van der Waals surface area contributed by atoms with E-state index in [1.54, 1.807) is 0 Å². The van der Waals surface area contributed by atoms with E-state index in [2.05, 4.69) is 96.0 Å². The highest BCUT2D eigenvalue weighted by Crippen LogP contribution is 2.39. The Kier molecular flexibility index (Phi) is 3.81. The van der Waals surface area contributed by atoms with E-state index in [1.807, 2.05) is 23.5 Å². The van der Waals surface area contributed by atoms with Gasteiger partial charge in [-0.25, -0.2) is 9.97 Å². The largest absolute Gasteiger partial charge is 0.327 e. The van der Waals surface area contributed by atoms with E-state index < -0.39 is 0 Å². The van der Waals surface area contributed by atoms with Crippen LogP contribution in [0.5, 0.6) is 0 Å². The van der Waals surface area contributed by atoms with Crippen LogP contribution in [0.4, 0.5) is 0 Å². The van der Waals surface area contributed by atoms with Crippen LogP contribution in [0, 0.1) is 0 Å². The Labute approximate surface area is 194 Å². The van der Waals surface area contributed by atoms with Crippen LogP contribution in [0.1, 0.15) is 0 Å². The summed E-state index contributed by atoms with van der Waals surface area (Å²) in [6.45, 7) is 0. The highest BCUT2D eigenvalue weighted by molar-refractivity contribution is 7.26. The summed E-state index contributed by atoms with van der Waals surface area (Å²) < 4.78 is 6.94. The lowest BCUT2D eigenvalue weighted by Crippen LogP contribution is -1.91. The van der Waals surface area contributed by atoms with Gasteiger partial charge in [0.15, 0.2) is 0 Å². The molecular formula is C28H20N4S. The van der Waals surface area contributed by atoms with Crippen LogP contribution in [0.15, 0.2) is 84.9 Å². The molecule has 0 saturated heterocycles. The maximum absolute atomic E-state index is 4.99. The second kappa shape index (κ2) is 6.77. The van der Waals surface area contributed by atoms with Crippen molar-refractivity contribution in [1.29, 1.82) is 0 Å². The predicted octanol–water partition coefficient (Wildman–Crippen LogP) is 7.16. The molecule has 0 amide bonds. The zero-order valence-electron chi connectivity index (χ0n) is 18.3. The Bertz CT molecular complexity index is 1690. The second-order valence-electron chi connectivity index (χ2n) is 8.50. The van der Waals surface area contributed by atoms with Gasteiger partial charge in [-0.05, 0) is 24.3 Å². The van der Waals surface area contributed by atoms with Crippen molar-refractivity contribution in [2.75, 3.05) is 0 Å². The average Bonchev–Trinajstić information content (AvgIpc) is 3.48. The number of rotatable bonds is 2. The van der Waals surface area contributed by atoms with Crippen molar-refractivity contribution in [2.45, 2.75) is 0 Å². The fourth-order valence-corrected chi connectivity index (χ4v) is 5.97. The van der Waals surface area contributed by atoms with Crippen LogP contribution in [0.3, 0.4) is 0 Å². The smallest absolute Gasteiger partial charge is 0.140 e. The summed E-state index contributed by atoms with van der Waals surface area (Å²) in [6, 6.07) is 29.8. The number of nitrogens with zero attached hydrogens (tertiary/aromatic N) is 4. The summed E-state index contributed by atoms with van der Waals surface area (Å²) in [5.41, 5.74) is 6.62. The van der Waals surface area contributed by atoms with Gasteiger partial charge >= 0.3 is 0 Å². The van der Waals surface area contributed by atoms with Gasteiger partial charge in [-0.1, -0.05) is 60.7 Å². The normalized spacial score (nSPS) is 11.9. The summed E-state index contributed by atoms with van der Waals surface area (Å²) in [5.74, 6) is 1.99. The van der Waals surface area contributed by atoms with Crippen LogP contribution in [0.25, 0.3) is 65.0 Å². The number of aryl methyl sites for hydroxylation is 2. The van der Waals surface area contributed by atoms with E-state index in [0.29, 0.717) is 0 Å². The molecule has 0 N–H and O–H groups in total. The zero-order valence-corrected chi connectivity index (χ0v) is 19.1. The van der Waals surface area contributed by atoms with Crippen molar-refractivity contribution in [2.24, 2.45) is 14.1 Å². The highest BCUT2D eigenvalue weighted by Gasteiger charge is 2.16. The quantitative estimate of drug-likeness (QED) is 0.284. The molecule has 7 rings (SSSR count). The summed E-state index contributed by atoms with van der Waals surface area (Å²) in [7, 11) is 4.19. The number of hydrogen-bond acceptors (Lipinski definition) is 3. The van der Waals surface area contributed by atoms with E-state index >= 15 is 0 Å². The summed E-state index contributed by atoms with van der Waals surface area (Å²) in [6.07, 6.45) is 0. The van der Waals surface area contributed by atoms with Gasteiger partial charge in [-0.15, -0.1) is 11.3 Å². The van der Waals surface area contributed by atoms with Gasteiger partial charge < -0.3 is 9.13 Å². The molecule has 33 heavy (non-hydrogen) atoms. The van der Waals surface area contributed by atoms with Gasteiger partial charge in [0.25, 0.3) is 0 Å². The summed E-state index contributed by atoms with van der Waals surface area (Å²) >= 11 is 1.84. The van der Waals surface area contributed by atoms with Crippen molar-refractivity contribution in [3.8, 4) is 22.8 Å². The third-order valence-electron chi connectivity index (χ3n) is 6.54. The van der Waals surface area contributed by atoms with Crippen molar-refractivity contribution < 1.29 is 0 Å². The number of hydrogen-bond donors (Lipinski definition) is 0. The number of benzene rings is 4. The van der Waals surface area contributed by atoms with Gasteiger partial charge in [-0.3, -0.25) is 0 Å². The van der Waals surface area contributed by atoms with Gasteiger partial charge in [0.2, 0.25) is 0 Å². The van der Waals surface area contributed by atoms with Crippen molar-refractivity contribution in [3.05, 3.63) is 84.9 Å². The SMILES string of the molecule is Cn1c(-c2ccccc2)nc2cc3c(cc21)sc1cc2c(cc13)nc(-c1ccccc1)n2C. The molecule has 5 heteroatoms. The second-order valence-corrected chi connectivity index (χ2v) is 9.58. The lowest BCUT2D eigenvalue weighted by Gasteiger charge is -2.01. The lowest BCUT2D eigenvalue weighted by molar-refractivity contribution is 0.960. The first kappa shape index (κ1) is 18.6. The van der Waals surface area contributed by atoms with E-state index in [1.165, 1.54) is 20.2 Å². The minimum atomic E-state index is 0.993. The van der Waals surface area contributed by atoms with Crippen LogP contribution < -0.4 is 0 Å². The molecule has 0 atom stereocenters. The molecule has 7 aromatic rings. The maximum atomic E-state index is 4.99. The molecule has 0 aliphatic heterocycles. The molecule has 158 valence electrons. The first-order valence-corrected chi connectivity index (χ1v) is 11.8. The number of fused-ring (bicyclic) bond motifs is 5. The summed E-state index contributed by atoms with van der Waals surface area (Å²) in [4.78, 5) is 9.97. The number of imidazole rings is 2. The minimum absolute atomic E-state index is 0.993. The molecule has 0 bridgehead atoms. The van der Waals surface area contributed by atoms with Crippen LogP contribution in [0.2, 0.25) is 0 Å². The summed E-state index contributed by atoms with van der Waals surface area (Å²) in [5, 5.41) is 2.49. The fourth-order valence-electron chi connectivity index (χ4n) is 4.84. The Balaban J connectivity index is 1.46. The van der Waals surface area contributed by atoms with Gasteiger partial charge in [0.05, 0.1) is 22.1 Å². The molecule has 0 saturated carbocycles. The lowest BCUT2D eigenvalue weighted by atomic mass is 10.1. The first-order valence-electron chi connectivity index (χ1n) is 11.0. The van der Waals surface area contributed by atoms with Gasteiger partial charge in [0, 0.05) is 45.4 Å². The molecule has 3 heterocycles. The molecule has 0 unspecified atom stereocenters. The van der Waals surface area contributed by atoms with Crippen LogP contribution in [-0.2, 0) is 14.1 Å². The minimum Gasteiger partial charge on any atom is -0.327 e. The molecule has 0 aliphatic rings. The molecule has 4 aromatic carbocycles. The van der Waals surface area contributed by atoms with Crippen LogP contribution in [-0.4, -0.2) is 19.1 Å². The Morgan fingerprint density at radius 2 is 1.00 bits per heavy atom.